The predicted octanol–water partition coefficient (Wildman–Crippen LogP) is 1.54. The molecule has 0 aliphatic heterocycles. The lowest BCUT2D eigenvalue weighted by atomic mass is 9.84. The highest BCUT2D eigenvalue weighted by atomic mass is 16.6. The van der Waals surface area contributed by atoms with Gasteiger partial charge < -0.3 is 15.3 Å². The maximum atomic E-state index is 12.3. The number of ketones is 1. The number of carbonyl (C=O) groups excluding carboxylic acids is 2. The fourth-order valence-corrected chi connectivity index (χ4v) is 2.18. The van der Waals surface area contributed by atoms with Gasteiger partial charge in [0, 0.05) is 12.8 Å². The molecule has 1 aliphatic rings. The van der Waals surface area contributed by atoms with Crippen molar-refractivity contribution in [2.45, 2.75) is 39.5 Å². The SMILES string of the molecule is CCCC(=NOCC)C1=C(OC)CC(C(N)=O)CC1=O. The lowest BCUT2D eigenvalue weighted by Gasteiger charge is -2.24. The van der Waals surface area contributed by atoms with Gasteiger partial charge in [-0.2, -0.15) is 0 Å². The van der Waals surface area contributed by atoms with Crippen molar-refractivity contribution in [3.05, 3.63) is 11.3 Å². The molecule has 1 rings (SSSR count). The summed E-state index contributed by atoms with van der Waals surface area (Å²) in [6.45, 7) is 4.25. The molecule has 0 saturated heterocycles. The number of primary amides is 1. The fourth-order valence-electron chi connectivity index (χ4n) is 2.18. The monoisotopic (exact) mass is 282 g/mol. The van der Waals surface area contributed by atoms with E-state index in [0.717, 1.165) is 6.42 Å². The molecule has 0 aromatic rings. The Balaban J connectivity index is 3.14. The Bertz CT molecular complexity index is 440. The highest BCUT2D eigenvalue weighted by Crippen LogP contribution is 2.29. The van der Waals surface area contributed by atoms with Crippen LogP contribution in [-0.4, -0.2) is 31.1 Å². The molecular formula is C14H22N2O4. The third kappa shape index (κ3) is 3.82. The Morgan fingerprint density at radius 3 is 2.60 bits per heavy atom. The van der Waals surface area contributed by atoms with E-state index in [0.29, 0.717) is 36.5 Å². The number of allylic oxidation sites excluding steroid dienone is 2. The molecule has 2 N–H and O–H groups in total. The van der Waals surface area contributed by atoms with Crippen LogP contribution in [0.4, 0.5) is 0 Å². The second-order valence-corrected chi connectivity index (χ2v) is 4.64. The van der Waals surface area contributed by atoms with Gasteiger partial charge in [0.1, 0.15) is 12.4 Å². The molecule has 1 atom stereocenters. The van der Waals surface area contributed by atoms with Gasteiger partial charge in [0.2, 0.25) is 5.91 Å². The van der Waals surface area contributed by atoms with Gasteiger partial charge in [-0.05, 0) is 13.3 Å². The van der Waals surface area contributed by atoms with E-state index in [1.165, 1.54) is 7.11 Å². The number of hydrogen-bond acceptors (Lipinski definition) is 5. The van der Waals surface area contributed by atoms with Gasteiger partial charge in [0.05, 0.1) is 24.3 Å². The van der Waals surface area contributed by atoms with E-state index >= 15 is 0 Å². The molecule has 0 saturated carbocycles. The van der Waals surface area contributed by atoms with Crippen LogP contribution >= 0.6 is 0 Å². The molecule has 0 aromatic heterocycles. The summed E-state index contributed by atoms with van der Waals surface area (Å²) in [5.74, 6) is -0.678. The van der Waals surface area contributed by atoms with E-state index in [4.69, 9.17) is 15.3 Å². The van der Waals surface area contributed by atoms with Crippen molar-refractivity contribution in [3.8, 4) is 0 Å². The molecule has 0 bridgehead atoms. The lowest BCUT2D eigenvalue weighted by molar-refractivity contribution is -0.126. The average molecular weight is 282 g/mol. The van der Waals surface area contributed by atoms with Crippen LogP contribution in [0.15, 0.2) is 16.5 Å². The van der Waals surface area contributed by atoms with Crippen LogP contribution in [0.3, 0.4) is 0 Å². The minimum absolute atomic E-state index is 0.104. The van der Waals surface area contributed by atoms with E-state index in [1.807, 2.05) is 13.8 Å². The smallest absolute Gasteiger partial charge is 0.221 e. The molecule has 0 fully saturated rings. The second-order valence-electron chi connectivity index (χ2n) is 4.64. The first-order valence-electron chi connectivity index (χ1n) is 6.83. The lowest BCUT2D eigenvalue weighted by Crippen LogP contribution is -2.32. The second kappa shape index (κ2) is 7.67. The van der Waals surface area contributed by atoms with Crippen molar-refractivity contribution in [3.63, 3.8) is 0 Å². The van der Waals surface area contributed by atoms with E-state index in [1.54, 1.807) is 0 Å². The minimum Gasteiger partial charge on any atom is -0.500 e. The zero-order valence-electron chi connectivity index (χ0n) is 12.3. The third-order valence-corrected chi connectivity index (χ3v) is 3.15. The van der Waals surface area contributed by atoms with Crippen molar-refractivity contribution in [2.24, 2.45) is 16.8 Å². The van der Waals surface area contributed by atoms with Gasteiger partial charge in [-0.1, -0.05) is 18.5 Å². The van der Waals surface area contributed by atoms with Crippen LogP contribution in [0.5, 0.6) is 0 Å². The summed E-state index contributed by atoms with van der Waals surface area (Å²) in [6, 6.07) is 0. The van der Waals surface area contributed by atoms with Gasteiger partial charge in [0.15, 0.2) is 5.78 Å². The molecule has 1 aliphatic carbocycles. The van der Waals surface area contributed by atoms with Gasteiger partial charge in [0.25, 0.3) is 0 Å². The standard InChI is InChI=1S/C14H22N2O4/c1-4-6-10(16-20-5-2)13-11(17)7-9(14(15)18)8-12(13)19-3/h9H,4-8H2,1-3H3,(H2,15,18). The van der Waals surface area contributed by atoms with E-state index < -0.39 is 11.8 Å². The van der Waals surface area contributed by atoms with Crippen molar-refractivity contribution >= 4 is 17.4 Å². The van der Waals surface area contributed by atoms with Crippen LogP contribution in [0, 0.1) is 5.92 Å². The Labute approximate surface area is 119 Å². The number of carbonyl (C=O) groups is 2. The summed E-state index contributed by atoms with van der Waals surface area (Å²) >= 11 is 0. The van der Waals surface area contributed by atoms with Crippen molar-refractivity contribution in [1.29, 1.82) is 0 Å². The van der Waals surface area contributed by atoms with Crippen LogP contribution < -0.4 is 5.73 Å². The predicted molar refractivity (Wildman–Crippen MR) is 74.9 cm³/mol. The minimum atomic E-state index is -0.504. The molecule has 20 heavy (non-hydrogen) atoms. The summed E-state index contributed by atoms with van der Waals surface area (Å²) in [6.07, 6.45) is 1.89. The average Bonchev–Trinajstić information content (AvgIpc) is 2.42. The molecule has 1 unspecified atom stereocenters. The number of methoxy groups -OCH3 is 1. The largest absolute Gasteiger partial charge is 0.500 e. The molecule has 1 amide bonds. The summed E-state index contributed by atoms with van der Waals surface area (Å²) < 4.78 is 5.28. The van der Waals surface area contributed by atoms with Gasteiger partial charge >= 0.3 is 0 Å². The zero-order chi connectivity index (χ0) is 15.1. The molecule has 0 radical (unpaired) electrons. The maximum absolute atomic E-state index is 12.3. The Morgan fingerprint density at radius 2 is 2.10 bits per heavy atom. The summed E-state index contributed by atoms with van der Waals surface area (Å²) in [4.78, 5) is 28.6. The number of amides is 1. The topological polar surface area (TPSA) is 91.0 Å². The number of nitrogens with two attached hydrogens (primary N) is 1. The number of ether oxygens (including phenoxy) is 1. The van der Waals surface area contributed by atoms with Gasteiger partial charge in [-0.25, -0.2) is 0 Å². The highest BCUT2D eigenvalue weighted by molar-refractivity contribution is 6.23. The Morgan fingerprint density at radius 1 is 1.40 bits per heavy atom. The summed E-state index contributed by atoms with van der Waals surface area (Å²) in [7, 11) is 1.48. The normalized spacial score (nSPS) is 20.1. The zero-order valence-corrected chi connectivity index (χ0v) is 12.3. The van der Waals surface area contributed by atoms with Crippen LogP contribution in [0.25, 0.3) is 0 Å². The highest BCUT2D eigenvalue weighted by Gasteiger charge is 2.33. The van der Waals surface area contributed by atoms with E-state index in [-0.39, 0.29) is 12.2 Å². The number of hydrogen-bond donors (Lipinski definition) is 1. The van der Waals surface area contributed by atoms with Gasteiger partial charge in [-0.15, -0.1) is 0 Å². The number of Topliss-reactive ketones (excluding diaryl/α,β-unsaturated/α-hetero) is 1. The van der Waals surface area contributed by atoms with Crippen molar-refractivity contribution < 1.29 is 19.2 Å². The molecule has 0 heterocycles. The number of oxime groups is 1. The van der Waals surface area contributed by atoms with Crippen molar-refractivity contribution in [2.75, 3.05) is 13.7 Å². The number of nitrogens with zero attached hydrogens (tertiary/aromatic N) is 1. The van der Waals surface area contributed by atoms with Gasteiger partial charge in [-0.3, -0.25) is 9.59 Å². The third-order valence-electron chi connectivity index (χ3n) is 3.15. The first-order valence-corrected chi connectivity index (χ1v) is 6.83. The molecule has 112 valence electrons. The van der Waals surface area contributed by atoms with Crippen LogP contribution in [0.1, 0.15) is 39.5 Å². The quantitative estimate of drug-likeness (QED) is 0.566. The maximum Gasteiger partial charge on any atom is 0.221 e. The fraction of sp³-hybridized carbons (Fsp3) is 0.643. The Kier molecular flexibility index (Phi) is 6.21. The molecule has 6 heteroatoms. The molecule has 0 aromatic carbocycles. The molecule has 0 spiro atoms. The number of rotatable bonds is 7. The Hall–Kier alpha value is -1.85. The molecule has 6 nitrogen and oxygen atoms in total. The summed E-state index contributed by atoms with van der Waals surface area (Å²) in [5.41, 5.74) is 6.31. The molecular weight excluding hydrogens is 260 g/mol. The van der Waals surface area contributed by atoms with E-state index in [2.05, 4.69) is 5.16 Å². The van der Waals surface area contributed by atoms with Crippen LogP contribution in [-0.2, 0) is 19.2 Å². The first kappa shape index (κ1) is 16.2. The first-order chi connectivity index (χ1) is 9.54. The summed E-state index contributed by atoms with van der Waals surface area (Å²) in [5, 5.41) is 4.02. The van der Waals surface area contributed by atoms with Crippen LogP contribution in [0.2, 0.25) is 0 Å². The van der Waals surface area contributed by atoms with E-state index in [9.17, 15) is 9.59 Å². The van der Waals surface area contributed by atoms with Crippen molar-refractivity contribution in [1.82, 2.24) is 0 Å².